The summed E-state index contributed by atoms with van der Waals surface area (Å²) in [6.45, 7) is -0.469. The van der Waals surface area contributed by atoms with Gasteiger partial charge in [-0.1, -0.05) is 6.07 Å². The number of nitrogens with one attached hydrogen (secondary N) is 8. The predicted octanol–water partition coefficient (Wildman–Crippen LogP) is -4.74. The molecule has 0 saturated carbocycles. The summed E-state index contributed by atoms with van der Waals surface area (Å²) in [5.41, 5.74) is 0.795. The smallest absolute Gasteiger partial charge is 0.323 e. The molecule has 0 radical (unpaired) electrons. The van der Waals surface area contributed by atoms with E-state index in [1.165, 1.54) is 57.2 Å². The fourth-order valence-electron chi connectivity index (χ4n) is 9.81. The average molecular weight is 1390 g/mol. The van der Waals surface area contributed by atoms with Crippen molar-refractivity contribution in [2.24, 2.45) is 7.05 Å². The molecule has 0 aliphatic carbocycles. The van der Waals surface area contributed by atoms with Gasteiger partial charge in [0.2, 0.25) is 33.7 Å². The number of rotatable bonds is 34. The maximum absolute atomic E-state index is 13.7. The molecule has 3 heterocycles. The number of aliphatic carboxylic acids is 4. The minimum Gasteiger partial charge on any atom is -0.494 e. The lowest BCUT2D eigenvalue weighted by atomic mass is 10.1. The molecule has 518 valence electrons. The van der Waals surface area contributed by atoms with E-state index in [9.17, 15) is 103 Å². The minimum absolute atomic E-state index is 0.0357. The Morgan fingerprint density at radius 1 is 0.649 bits per heavy atom. The topological polar surface area (TPSA) is 535 Å². The number of imidazole rings is 1. The van der Waals surface area contributed by atoms with Crippen molar-refractivity contribution in [1.82, 2.24) is 65.4 Å². The number of aromatic nitrogens is 3. The van der Waals surface area contributed by atoms with Crippen LogP contribution < -0.4 is 46.8 Å². The Labute approximate surface area is 538 Å². The van der Waals surface area contributed by atoms with Crippen LogP contribution in [0.2, 0.25) is 0 Å². The number of anilines is 1. The first-order valence-electron chi connectivity index (χ1n) is 28.8. The highest BCUT2D eigenvalue weighted by Crippen LogP contribution is 2.26. The third kappa shape index (κ3) is 25.6. The van der Waals surface area contributed by atoms with Crippen molar-refractivity contribution in [2.45, 2.75) is 56.3 Å². The van der Waals surface area contributed by atoms with Gasteiger partial charge in [0.1, 0.15) is 41.1 Å². The maximum atomic E-state index is 13.7. The van der Waals surface area contributed by atoms with Gasteiger partial charge < -0.3 is 66.6 Å². The zero-order valence-corrected chi connectivity index (χ0v) is 53.7. The number of carboxylic acid groups (broad SMARTS) is 4. The van der Waals surface area contributed by atoms with Crippen LogP contribution in [0.25, 0.3) is 10.9 Å². The Morgan fingerprint density at radius 2 is 1.17 bits per heavy atom. The Bertz CT molecular complexity index is 3760. The number of amides is 5. The quantitative estimate of drug-likeness (QED) is 0.0154. The van der Waals surface area contributed by atoms with Crippen LogP contribution in [0.3, 0.4) is 0 Å². The van der Waals surface area contributed by atoms with Crippen LogP contribution in [-0.2, 0) is 82.2 Å². The Kier molecular flexibility index (Phi) is 28.3. The number of hydrogen-bond acceptors (Lipinski definition) is 23. The van der Waals surface area contributed by atoms with E-state index in [2.05, 4.69) is 41.3 Å². The maximum Gasteiger partial charge on any atom is 0.323 e. The lowest BCUT2D eigenvalue weighted by Gasteiger charge is -2.33. The molecule has 1 fully saturated rings. The summed E-state index contributed by atoms with van der Waals surface area (Å²) in [5.74, 6) is -12.9. The SMILES string of the molecule is Cc1cc(OCCCC(=O)NCCNC(=O)[C@H](CS(=O)(=O)O)NC(=O)[C@H](CS(=O)(=O)O)NC(=O)CN2CCN(CC(=O)O)CCN(CC(=O)O)CCN(CC(=O)O)CC2)cc(C)c1S(=O)(=O)N[C@@H](CNC(=O)c1cc(=O)c2ccc(CNc3ncc[nH]3)cc2n1C)C(=O)O. The lowest BCUT2D eigenvalue weighted by Crippen LogP contribution is -2.58. The molecule has 1 aliphatic rings. The summed E-state index contributed by atoms with van der Waals surface area (Å²) < 4.78 is 104. The largest absolute Gasteiger partial charge is 0.494 e. The van der Waals surface area contributed by atoms with Crippen LogP contribution in [0, 0.1) is 13.8 Å². The molecule has 0 spiro atoms. The van der Waals surface area contributed by atoms with Crippen molar-refractivity contribution in [3.8, 4) is 5.75 Å². The highest BCUT2D eigenvalue weighted by Gasteiger charge is 2.34. The molecule has 2 aromatic carbocycles. The number of ether oxygens (including phenoxy) is 1. The van der Waals surface area contributed by atoms with Gasteiger partial charge in [0.25, 0.3) is 26.1 Å². The molecule has 0 unspecified atom stereocenters. The Hall–Kier alpha value is -8.74. The molecule has 40 heteroatoms. The summed E-state index contributed by atoms with van der Waals surface area (Å²) in [6.07, 6.45) is 3.11. The van der Waals surface area contributed by atoms with E-state index in [0.29, 0.717) is 23.4 Å². The fourth-order valence-corrected chi connectivity index (χ4v) is 12.8. The molecule has 37 nitrogen and oxygen atoms in total. The van der Waals surface area contributed by atoms with E-state index >= 15 is 0 Å². The van der Waals surface area contributed by atoms with Gasteiger partial charge in [-0.25, -0.2) is 13.4 Å². The van der Waals surface area contributed by atoms with Gasteiger partial charge in [-0.3, -0.25) is 76.7 Å². The number of fused-ring (bicyclic) bond motifs is 1. The lowest BCUT2D eigenvalue weighted by molar-refractivity contribution is -0.140. The summed E-state index contributed by atoms with van der Waals surface area (Å²) in [6, 6.07) is 2.56. The summed E-state index contributed by atoms with van der Waals surface area (Å²) in [5, 5.41) is 53.0. The molecule has 2 aromatic heterocycles. The number of carbonyl (C=O) groups is 9. The Balaban J connectivity index is 1.11. The molecule has 0 bridgehead atoms. The fraction of sp³-hybridized carbons (Fsp3) is 0.500. The Morgan fingerprint density at radius 3 is 1.67 bits per heavy atom. The van der Waals surface area contributed by atoms with Gasteiger partial charge in [0.05, 0.1) is 43.2 Å². The van der Waals surface area contributed by atoms with E-state index < -0.39 is 158 Å². The zero-order valence-electron chi connectivity index (χ0n) is 51.2. The van der Waals surface area contributed by atoms with E-state index in [-0.39, 0.29) is 106 Å². The second-order valence-corrected chi connectivity index (χ2v) is 26.4. The van der Waals surface area contributed by atoms with Crippen molar-refractivity contribution < 1.29 is 103 Å². The number of benzene rings is 2. The first-order chi connectivity index (χ1) is 44.1. The van der Waals surface area contributed by atoms with E-state index in [1.54, 1.807) is 30.6 Å². The molecule has 1 saturated heterocycles. The molecule has 1 aliphatic heterocycles. The molecule has 5 rings (SSSR count). The van der Waals surface area contributed by atoms with E-state index in [0.717, 1.165) is 11.6 Å². The summed E-state index contributed by atoms with van der Waals surface area (Å²) >= 11 is 0. The number of aryl methyl sites for hydroxylation is 3. The number of nitrogens with zero attached hydrogens (tertiary/aromatic N) is 6. The second-order valence-electron chi connectivity index (χ2n) is 21.8. The summed E-state index contributed by atoms with van der Waals surface area (Å²) in [4.78, 5) is 139. The van der Waals surface area contributed by atoms with Gasteiger partial charge in [-0.2, -0.15) is 21.6 Å². The van der Waals surface area contributed by atoms with Crippen molar-refractivity contribution in [3.05, 3.63) is 81.4 Å². The van der Waals surface area contributed by atoms with Crippen molar-refractivity contribution in [2.75, 3.05) is 122 Å². The van der Waals surface area contributed by atoms with Crippen LogP contribution in [0.4, 0.5) is 5.95 Å². The van der Waals surface area contributed by atoms with Gasteiger partial charge >= 0.3 is 23.9 Å². The monoisotopic (exact) mass is 1380 g/mol. The highest BCUT2D eigenvalue weighted by atomic mass is 32.2. The standard InChI is InChI=1S/C54H76N14O23S3/c1-33-21-36(22-34(2)49(33)94(89,90)63-38(53(81)82)26-59-52(80)42-24-43(69)37-7-6-35(23-41(37)64(42)3)25-60-54-57-10-11-58-54)91-20-4-5-44(70)55-8-9-56-50(78)39(31-92(83,84)85)62-51(79)40(32-93(86,87)88)61-45(71)27-65-12-14-66(28-46(72)73)16-18-68(30-48(76)77)19-17-67(15-13-65)29-47(74)75/h6-7,10-11,21-24,38-40,63H,4-5,8-9,12-20,25-32H2,1-3H3,(H,55,70)(H,56,78)(H,59,80)(H,61,71)(H,62,79)(H,72,73)(H,74,75)(H,76,77)(H,81,82)(H2,57,58,60)(H,83,84,85)(H,86,87,88)/t38-,39-,40-/m0/s1. The van der Waals surface area contributed by atoms with Crippen LogP contribution in [0.1, 0.15) is 40.0 Å². The second kappa shape index (κ2) is 35.0. The van der Waals surface area contributed by atoms with Gasteiger partial charge in [-0.15, -0.1) is 0 Å². The molecule has 94 heavy (non-hydrogen) atoms. The highest BCUT2D eigenvalue weighted by molar-refractivity contribution is 7.89. The van der Waals surface area contributed by atoms with Crippen molar-refractivity contribution >= 4 is 101 Å². The predicted molar refractivity (Wildman–Crippen MR) is 331 cm³/mol. The molecular formula is C54H76N14O23S3. The first kappa shape index (κ1) is 76.0. The van der Waals surface area contributed by atoms with Crippen LogP contribution in [0.5, 0.6) is 5.75 Å². The third-order valence-corrected chi connectivity index (χ3v) is 17.5. The number of hydrogen-bond donors (Lipinski definition) is 14. The molecule has 3 atom stereocenters. The van der Waals surface area contributed by atoms with Crippen LogP contribution in [-0.4, -0.2) is 277 Å². The first-order valence-corrected chi connectivity index (χ1v) is 33.5. The average Bonchev–Trinajstić information content (AvgIpc) is 0.818. The number of carbonyl (C=O) groups excluding carboxylic acids is 5. The minimum atomic E-state index is -5.12. The molecule has 5 amide bonds. The molecular weight excluding hydrogens is 1310 g/mol. The van der Waals surface area contributed by atoms with Gasteiger partial charge in [0, 0.05) is 116 Å². The zero-order chi connectivity index (χ0) is 69.7. The van der Waals surface area contributed by atoms with Crippen molar-refractivity contribution in [3.63, 3.8) is 0 Å². The number of pyridine rings is 1. The van der Waals surface area contributed by atoms with E-state index in [4.69, 9.17) is 4.74 Å². The van der Waals surface area contributed by atoms with Gasteiger partial charge in [-0.05, 0) is 61.2 Å². The normalized spacial score (nSPS) is 15.2. The van der Waals surface area contributed by atoms with Crippen LogP contribution in [0.15, 0.2) is 58.5 Å². The number of aromatic amines is 1. The number of carboxylic acids is 4. The number of H-pyrrole nitrogens is 1. The third-order valence-electron chi connectivity index (χ3n) is 14.2. The number of sulfonamides is 1. The van der Waals surface area contributed by atoms with Crippen molar-refractivity contribution in [1.29, 1.82) is 0 Å². The summed E-state index contributed by atoms with van der Waals surface area (Å²) in [7, 11) is -13.3. The molecule has 14 N–H and O–H groups in total. The van der Waals surface area contributed by atoms with Gasteiger partial charge in [0.15, 0.2) is 11.4 Å². The molecule has 4 aromatic rings. The van der Waals surface area contributed by atoms with E-state index in [1.807, 2.05) is 5.32 Å². The van der Waals surface area contributed by atoms with Crippen LogP contribution >= 0.6 is 0 Å².